The third-order valence-electron chi connectivity index (χ3n) is 5.36. The summed E-state index contributed by atoms with van der Waals surface area (Å²) in [5.41, 5.74) is -1.69. The fourth-order valence-corrected chi connectivity index (χ4v) is 3.90. The molecule has 0 amide bonds. The van der Waals surface area contributed by atoms with Crippen molar-refractivity contribution >= 4 is 17.9 Å². The summed E-state index contributed by atoms with van der Waals surface area (Å²) in [5.74, 6) is -1.73. The van der Waals surface area contributed by atoms with Gasteiger partial charge in [-0.3, -0.25) is 14.7 Å². The number of benzene rings is 2. The highest BCUT2D eigenvalue weighted by atomic mass is 32.1. The van der Waals surface area contributed by atoms with Crippen LogP contribution >= 0.6 is 12.2 Å². The molecule has 0 aliphatic carbocycles. The maximum Gasteiger partial charge on any atom is 0.269 e. The highest BCUT2D eigenvalue weighted by molar-refractivity contribution is 7.71. The molecule has 170 valence electrons. The molecule has 33 heavy (non-hydrogen) atoms. The van der Waals surface area contributed by atoms with Gasteiger partial charge in [0.05, 0.1) is 17.5 Å². The van der Waals surface area contributed by atoms with E-state index in [0.717, 1.165) is 12.1 Å². The van der Waals surface area contributed by atoms with Crippen LogP contribution in [-0.2, 0) is 12.1 Å². The van der Waals surface area contributed by atoms with E-state index in [2.05, 4.69) is 15.2 Å². The Labute approximate surface area is 190 Å². The molecule has 4 aromatic rings. The van der Waals surface area contributed by atoms with Gasteiger partial charge in [-0.15, -0.1) is 0 Å². The fraction of sp³-hybridized carbons (Fsp3) is 0.200. The van der Waals surface area contributed by atoms with Crippen molar-refractivity contribution in [2.24, 2.45) is 0 Å². The molecule has 2 atom stereocenters. The van der Waals surface area contributed by atoms with Crippen molar-refractivity contribution in [1.82, 2.24) is 29.1 Å². The predicted octanol–water partition coefficient (Wildman–Crippen LogP) is 3.33. The van der Waals surface area contributed by atoms with E-state index < -0.39 is 28.2 Å². The number of nitro benzene ring substituents is 1. The third-order valence-corrected chi connectivity index (χ3v) is 5.74. The standard InChI is InChI=1S/C20H17F2N7O3S/c1-13(28-19(33)27(12-25-28)15-3-5-16(6-4-15)29(31)32)20(30,9-26-11-23-10-24-26)17-7-2-14(21)8-18(17)22/h2-8,10-13,30H,9H2,1H3/t13-,20-/m1/s1. The number of hydrogen-bond donors (Lipinski definition) is 1. The van der Waals surface area contributed by atoms with Crippen molar-refractivity contribution in [2.75, 3.05) is 0 Å². The van der Waals surface area contributed by atoms with Crippen LogP contribution in [0.5, 0.6) is 0 Å². The first kappa shape index (κ1) is 22.4. The van der Waals surface area contributed by atoms with Crippen LogP contribution in [0.1, 0.15) is 18.5 Å². The van der Waals surface area contributed by atoms with Crippen LogP contribution in [0.15, 0.2) is 61.4 Å². The van der Waals surface area contributed by atoms with Gasteiger partial charge in [0, 0.05) is 29.4 Å². The van der Waals surface area contributed by atoms with Gasteiger partial charge in [-0.1, -0.05) is 6.07 Å². The lowest BCUT2D eigenvalue weighted by Crippen LogP contribution is -2.41. The van der Waals surface area contributed by atoms with Gasteiger partial charge in [-0.05, 0) is 37.3 Å². The molecule has 13 heteroatoms. The van der Waals surface area contributed by atoms with E-state index in [-0.39, 0.29) is 22.6 Å². The number of non-ortho nitro benzene ring substituents is 1. The zero-order valence-electron chi connectivity index (χ0n) is 17.1. The van der Waals surface area contributed by atoms with Crippen molar-refractivity contribution in [3.8, 4) is 5.69 Å². The Kier molecular flexibility index (Phi) is 5.82. The molecule has 0 saturated carbocycles. The number of aromatic nitrogens is 6. The second-order valence-corrected chi connectivity index (χ2v) is 7.68. The van der Waals surface area contributed by atoms with E-state index in [1.807, 2.05) is 0 Å². The zero-order chi connectivity index (χ0) is 23.8. The van der Waals surface area contributed by atoms with Crippen LogP contribution in [0.25, 0.3) is 5.69 Å². The monoisotopic (exact) mass is 473 g/mol. The molecule has 0 spiro atoms. The molecule has 1 N–H and O–H groups in total. The molecule has 0 bridgehead atoms. The average Bonchev–Trinajstić information content (AvgIpc) is 3.42. The Bertz CT molecular complexity index is 1350. The Hall–Kier alpha value is -3.84. The summed E-state index contributed by atoms with van der Waals surface area (Å²) in [6.07, 6.45) is 4.01. The summed E-state index contributed by atoms with van der Waals surface area (Å²) in [6.45, 7) is 1.37. The van der Waals surface area contributed by atoms with Crippen LogP contribution in [-0.4, -0.2) is 39.1 Å². The van der Waals surface area contributed by atoms with Crippen LogP contribution in [0.3, 0.4) is 0 Å². The van der Waals surface area contributed by atoms with Crippen molar-refractivity contribution in [3.63, 3.8) is 0 Å². The maximum absolute atomic E-state index is 14.8. The highest BCUT2D eigenvalue weighted by Gasteiger charge is 2.41. The minimum Gasteiger partial charge on any atom is -0.381 e. The number of halogens is 2. The Morgan fingerprint density at radius 3 is 2.52 bits per heavy atom. The van der Waals surface area contributed by atoms with Gasteiger partial charge in [-0.25, -0.2) is 23.1 Å². The van der Waals surface area contributed by atoms with E-state index in [1.54, 1.807) is 6.92 Å². The van der Waals surface area contributed by atoms with Gasteiger partial charge in [0.25, 0.3) is 5.69 Å². The van der Waals surface area contributed by atoms with Crippen LogP contribution < -0.4 is 0 Å². The molecule has 0 radical (unpaired) electrons. The van der Waals surface area contributed by atoms with Gasteiger partial charge in [0.1, 0.15) is 36.2 Å². The molecular formula is C20H17F2N7O3S. The molecule has 0 aliphatic rings. The first-order valence-corrected chi connectivity index (χ1v) is 10.0. The summed E-state index contributed by atoms with van der Waals surface area (Å²) in [6, 6.07) is 7.62. The third kappa shape index (κ3) is 4.15. The van der Waals surface area contributed by atoms with Crippen molar-refractivity contribution in [1.29, 1.82) is 0 Å². The van der Waals surface area contributed by atoms with Gasteiger partial charge < -0.3 is 5.11 Å². The molecule has 0 saturated heterocycles. The van der Waals surface area contributed by atoms with Crippen LogP contribution in [0.4, 0.5) is 14.5 Å². The maximum atomic E-state index is 14.8. The second-order valence-electron chi connectivity index (χ2n) is 7.32. The van der Waals surface area contributed by atoms with Crippen molar-refractivity contribution in [2.45, 2.75) is 25.1 Å². The number of hydrogen-bond acceptors (Lipinski definition) is 7. The average molecular weight is 473 g/mol. The molecule has 2 aromatic carbocycles. The SMILES string of the molecule is C[C@@H](n1ncn(-c2ccc([N+](=O)[O-])cc2)c1=S)[C@](O)(Cn1cncn1)c1ccc(F)cc1F. The zero-order valence-corrected chi connectivity index (χ0v) is 17.9. The lowest BCUT2D eigenvalue weighted by Gasteiger charge is -2.34. The summed E-state index contributed by atoms with van der Waals surface area (Å²) in [7, 11) is 0. The molecule has 4 rings (SSSR count). The van der Waals surface area contributed by atoms with E-state index >= 15 is 0 Å². The highest BCUT2D eigenvalue weighted by Crippen LogP contribution is 2.36. The molecule has 2 aromatic heterocycles. The second kappa shape index (κ2) is 8.60. The minimum absolute atomic E-state index is 0.0833. The van der Waals surface area contributed by atoms with Crippen molar-refractivity contribution < 1.29 is 18.8 Å². The normalized spacial score (nSPS) is 14.1. The number of aliphatic hydroxyl groups is 1. The van der Waals surface area contributed by atoms with Gasteiger partial charge >= 0.3 is 0 Å². The summed E-state index contributed by atoms with van der Waals surface area (Å²) < 4.78 is 32.6. The summed E-state index contributed by atoms with van der Waals surface area (Å²) in [5, 5.41) is 30.8. The minimum atomic E-state index is -1.95. The number of rotatable bonds is 7. The summed E-state index contributed by atoms with van der Waals surface area (Å²) >= 11 is 5.52. The topological polar surface area (TPSA) is 117 Å². The van der Waals surface area contributed by atoms with E-state index in [4.69, 9.17) is 12.2 Å². The Morgan fingerprint density at radius 1 is 1.18 bits per heavy atom. The molecular weight excluding hydrogens is 456 g/mol. The molecule has 0 unspecified atom stereocenters. The summed E-state index contributed by atoms with van der Waals surface area (Å²) in [4.78, 5) is 14.2. The van der Waals surface area contributed by atoms with E-state index in [0.29, 0.717) is 11.8 Å². The lowest BCUT2D eigenvalue weighted by molar-refractivity contribution is -0.384. The Balaban J connectivity index is 1.77. The molecule has 0 aliphatic heterocycles. The van der Waals surface area contributed by atoms with Crippen molar-refractivity contribution in [3.05, 3.63) is 93.5 Å². The Morgan fingerprint density at radius 2 is 1.91 bits per heavy atom. The quantitative estimate of drug-likeness (QED) is 0.249. The first-order chi connectivity index (χ1) is 15.7. The van der Waals surface area contributed by atoms with E-state index in [1.165, 1.54) is 57.2 Å². The van der Waals surface area contributed by atoms with Gasteiger partial charge in [0.2, 0.25) is 4.77 Å². The first-order valence-electron chi connectivity index (χ1n) is 9.62. The molecule has 10 nitrogen and oxygen atoms in total. The molecule has 0 fully saturated rings. The largest absolute Gasteiger partial charge is 0.381 e. The number of nitro groups is 1. The van der Waals surface area contributed by atoms with Crippen LogP contribution in [0.2, 0.25) is 0 Å². The molecule has 2 heterocycles. The van der Waals surface area contributed by atoms with E-state index in [9.17, 15) is 24.0 Å². The smallest absolute Gasteiger partial charge is 0.269 e. The number of nitrogens with zero attached hydrogens (tertiary/aromatic N) is 7. The van der Waals surface area contributed by atoms with Gasteiger partial charge in [-0.2, -0.15) is 10.2 Å². The fourth-order valence-electron chi connectivity index (χ4n) is 3.54. The van der Waals surface area contributed by atoms with Gasteiger partial charge in [0.15, 0.2) is 0 Å². The lowest BCUT2D eigenvalue weighted by atomic mass is 9.86. The van der Waals surface area contributed by atoms with Crippen LogP contribution in [0, 0.1) is 26.5 Å². The predicted molar refractivity (Wildman–Crippen MR) is 114 cm³/mol.